The van der Waals surface area contributed by atoms with Gasteiger partial charge in [0.05, 0.1) is 5.02 Å². The number of anilines is 1. The average Bonchev–Trinajstić information content (AvgIpc) is 2.37. The molecule has 1 aromatic rings. The summed E-state index contributed by atoms with van der Waals surface area (Å²) in [4.78, 5) is 5.91. The molecule has 1 aromatic heterocycles. The van der Waals surface area contributed by atoms with Gasteiger partial charge in [0.2, 0.25) is 10.0 Å². The van der Waals surface area contributed by atoms with Gasteiger partial charge in [0, 0.05) is 12.7 Å². The molecule has 0 fully saturated rings. The first-order valence-electron chi connectivity index (χ1n) is 6.13. The van der Waals surface area contributed by atoms with Crippen molar-refractivity contribution in [2.45, 2.75) is 17.7 Å². The van der Waals surface area contributed by atoms with Gasteiger partial charge in [-0.3, -0.25) is 0 Å². The number of sulfonamides is 1. The van der Waals surface area contributed by atoms with Crippen molar-refractivity contribution in [3.8, 4) is 0 Å². The first kappa shape index (κ1) is 17.1. The molecule has 0 saturated carbocycles. The van der Waals surface area contributed by atoms with Crippen molar-refractivity contribution in [3.63, 3.8) is 0 Å². The molecule has 20 heavy (non-hydrogen) atoms. The third-order valence-electron chi connectivity index (χ3n) is 2.59. The number of hydrogen-bond donors (Lipinski definition) is 3. The van der Waals surface area contributed by atoms with Crippen LogP contribution < -0.4 is 16.0 Å². The second-order valence-corrected chi connectivity index (χ2v) is 6.73. The largest absolute Gasteiger partial charge is 0.309 e. The van der Waals surface area contributed by atoms with Crippen LogP contribution in [0.2, 0.25) is 5.02 Å². The summed E-state index contributed by atoms with van der Waals surface area (Å²) in [5.41, 5.74) is 2.28. The van der Waals surface area contributed by atoms with E-state index in [4.69, 9.17) is 17.4 Å². The highest BCUT2D eigenvalue weighted by Gasteiger charge is 2.15. The van der Waals surface area contributed by atoms with E-state index in [1.54, 1.807) is 0 Å². The summed E-state index contributed by atoms with van der Waals surface area (Å²) >= 11 is 5.85. The van der Waals surface area contributed by atoms with E-state index in [-0.39, 0.29) is 15.7 Å². The fraction of sp³-hybridized carbons (Fsp3) is 0.545. The van der Waals surface area contributed by atoms with Gasteiger partial charge in [-0.25, -0.2) is 24.0 Å². The number of hydrogen-bond acceptors (Lipinski definition) is 6. The molecule has 0 aliphatic heterocycles. The molecular formula is C11H20ClN5O2S. The number of aromatic nitrogens is 1. The van der Waals surface area contributed by atoms with Gasteiger partial charge in [0.1, 0.15) is 4.90 Å². The molecule has 7 nitrogen and oxygen atoms in total. The molecule has 4 N–H and O–H groups in total. The van der Waals surface area contributed by atoms with E-state index in [9.17, 15) is 8.42 Å². The molecule has 0 saturated heterocycles. The summed E-state index contributed by atoms with van der Waals surface area (Å²) in [6.07, 6.45) is 2.90. The van der Waals surface area contributed by atoms with E-state index >= 15 is 0 Å². The smallest absolute Gasteiger partial charge is 0.242 e. The topological polar surface area (TPSA) is 100 Å². The Labute approximate surface area is 124 Å². The Hall–Kier alpha value is -0.930. The third-order valence-corrected chi connectivity index (χ3v) is 4.30. The summed E-state index contributed by atoms with van der Waals surface area (Å²) < 4.78 is 26.5. The lowest BCUT2D eigenvalue weighted by molar-refractivity contribution is 0.394. The zero-order valence-corrected chi connectivity index (χ0v) is 13.1. The highest BCUT2D eigenvalue weighted by Crippen LogP contribution is 2.21. The molecule has 114 valence electrons. The molecule has 0 aromatic carbocycles. The lowest BCUT2D eigenvalue weighted by Gasteiger charge is -2.10. The van der Waals surface area contributed by atoms with Crippen LogP contribution in [0.4, 0.5) is 5.82 Å². The Morgan fingerprint density at radius 1 is 1.40 bits per heavy atom. The Morgan fingerprint density at radius 3 is 2.65 bits per heavy atom. The molecule has 0 radical (unpaired) electrons. The van der Waals surface area contributed by atoms with Gasteiger partial charge in [-0.2, -0.15) is 0 Å². The van der Waals surface area contributed by atoms with Gasteiger partial charge in [-0.15, -0.1) is 0 Å². The normalized spacial score (nSPS) is 11.8. The molecular weight excluding hydrogens is 302 g/mol. The summed E-state index contributed by atoms with van der Waals surface area (Å²) in [5, 5.41) is 0.156. The number of pyridine rings is 1. The van der Waals surface area contributed by atoms with Crippen LogP contribution in [-0.2, 0) is 10.0 Å². The number of unbranched alkanes of at least 4 members (excludes halogenated alkanes) is 1. The first-order chi connectivity index (χ1) is 9.36. The van der Waals surface area contributed by atoms with Crippen LogP contribution in [0.3, 0.4) is 0 Å². The predicted molar refractivity (Wildman–Crippen MR) is 80.0 cm³/mol. The van der Waals surface area contributed by atoms with Gasteiger partial charge < -0.3 is 10.3 Å². The fourth-order valence-corrected chi connectivity index (χ4v) is 2.85. The van der Waals surface area contributed by atoms with Gasteiger partial charge in [0.25, 0.3) is 0 Å². The molecule has 0 bridgehead atoms. The van der Waals surface area contributed by atoms with E-state index in [1.807, 2.05) is 14.1 Å². The minimum Gasteiger partial charge on any atom is -0.309 e. The van der Waals surface area contributed by atoms with Crippen molar-refractivity contribution < 1.29 is 8.42 Å². The maximum absolute atomic E-state index is 12.0. The Kier molecular flexibility index (Phi) is 6.63. The number of rotatable bonds is 8. The number of nitrogens with two attached hydrogens (primary N) is 1. The summed E-state index contributed by atoms with van der Waals surface area (Å²) in [6.45, 7) is 1.30. The lowest BCUT2D eigenvalue weighted by atomic mass is 10.3. The molecule has 0 aliphatic rings. The molecule has 0 amide bonds. The minimum atomic E-state index is -3.59. The second-order valence-electron chi connectivity index (χ2n) is 4.55. The quantitative estimate of drug-likeness (QED) is 0.369. The zero-order valence-electron chi connectivity index (χ0n) is 11.6. The van der Waals surface area contributed by atoms with Crippen molar-refractivity contribution in [1.82, 2.24) is 14.6 Å². The molecule has 1 heterocycles. The maximum Gasteiger partial charge on any atom is 0.242 e. The van der Waals surface area contributed by atoms with Crippen LogP contribution in [0.1, 0.15) is 12.8 Å². The second kappa shape index (κ2) is 7.75. The van der Waals surface area contributed by atoms with E-state index in [1.165, 1.54) is 12.3 Å². The monoisotopic (exact) mass is 321 g/mol. The van der Waals surface area contributed by atoms with E-state index in [2.05, 4.69) is 20.0 Å². The number of halogens is 1. The molecule has 1 rings (SSSR count). The van der Waals surface area contributed by atoms with E-state index < -0.39 is 10.0 Å². The summed E-state index contributed by atoms with van der Waals surface area (Å²) in [6, 6.07) is 1.31. The average molecular weight is 322 g/mol. The Morgan fingerprint density at radius 2 is 2.10 bits per heavy atom. The Balaban J connectivity index is 2.58. The summed E-state index contributed by atoms with van der Waals surface area (Å²) in [7, 11) is 0.367. The highest BCUT2D eigenvalue weighted by molar-refractivity contribution is 7.89. The Bertz CT molecular complexity index is 536. The van der Waals surface area contributed by atoms with Gasteiger partial charge in [-0.05, 0) is 39.5 Å². The van der Waals surface area contributed by atoms with Crippen LogP contribution in [0, 0.1) is 0 Å². The fourth-order valence-electron chi connectivity index (χ4n) is 1.52. The number of nitrogens with one attached hydrogen (secondary N) is 2. The molecule has 0 atom stereocenters. The van der Waals surface area contributed by atoms with Crippen LogP contribution in [-0.4, -0.2) is 45.5 Å². The van der Waals surface area contributed by atoms with Crippen molar-refractivity contribution in [2.24, 2.45) is 5.84 Å². The van der Waals surface area contributed by atoms with Crippen molar-refractivity contribution in [1.29, 1.82) is 0 Å². The molecule has 0 unspecified atom stereocenters. The number of nitrogen functional groups attached to an aromatic ring is 1. The number of hydrazine groups is 1. The van der Waals surface area contributed by atoms with Crippen molar-refractivity contribution in [2.75, 3.05) is 32.6 Å². The predicted octanol–water partition coefficient (Wildman–Crippen LogP) is 0.641. The van der Waals surface area contributed by atoms with Crippen LogP contribution in [0.15, 0.2) is 17.2 Å². The zero-order chi connectivity index (χ0) is 15.2. The molecule has 9 heteroatoms. The van der Waals surface area contributed by atoms with Crippen molar-refractivity contribution >= 4 is 27.4 Å². The first-order valence-corrected chi connectivity index (χ1v) is 7.99. The maximum atomic E-state index is 12.0. The van der Waals surface area contributed by atoms with Crippen LogP contribution >= 0.6 is 11.6 Å². The third kappa shape index (κ3) is 5.22. The minimum absolute atomic E-state index is 0.0223. The van der Waals surface area contributed by atoms with E-state index in [0.29, 0.717) is 6.54 Å². The van der Waals surface area contributed by atoms with Crippen molar-refractivity contribution in [3.05, 3.63) is 17.3 Å². The molecule has 0 spiro atoms. The standard InChI is InChI=1S/C11H20ClN5O2S/c1-17(2)6-4-3-5-15-20(18,19)9-7-10(12)11(16-13)14-8-9/h7-8,15H,3-6,13H2,1-2H3,(H,14,16). The molecule has 0 aliphatic carbocycles. The van der Waals surface area contributed by atoms with E-state index in [0.717, 1.165) is 19.4 Å². The lowest BCUT2D eigenvalue weighted by Crippen LogP contribution is -2.26. The van der Waals surface area contributed by atoms with Crippen LogP contribution in [0.5, 0.6) is 0 Å². The van der Waals surface area contributed by atoms with Crippen LogP contribution in [0.25, 0.3) is 0 Å². The summed E-state index contributed by atoms with van der Waals surface area (Å²) in [5.74, 6) is 5.41. The number of nitrogens with zero attached hydrogens (tertiary/aromatic N) is 2. The SMILES string of the molecule is CN(C)CCCCNS(=O)(=O)c1cnc(NN)c(Cl)c1. The highest BCUT2D eigenvalue weighted by atomic mass is 35.5. The van der Waals surface area contributed by atoms with Gasteiger partial charge >= 0.3 is 0 Å². The van der Waals surface area contributed by atoms with Gasteiger partial charge in [-0.1, -0.05) is 11.6 Å². The van der Waals surface area contributed by atoms with Gasteiger partial charge in [0.15, 0.2) is 5.82 Å².